The van der Waals surface area contributed by atoms with Crippen LogP contribution < -0.4 is 14.2 Å². The molecular formula is C14H13BrO5. The molecule has 0 saturated heterocycles. The molecule has 0 unspecified atom stereocenters. The van der Waals surface area contributed by atoms with E-state index >= 15 is 0 Å². The van der Waals surface area contributed by atoms with Crippen molar-refractivity contribution in [3.63, 3.8) is 0 Å². The highest BCUT2D eigenvalue weighted by molar-refractivity contribution is 9.11. The number of fused-ring (bicyclic) bond motifs is 3. The van der Waals surface area contributed by atoms with E-state index < -0.39 is 11.8 Å². The number of hydrogen-bond donors (Lipinski definition) is 0. The van der Waals surface area contributed by atoms with Crippen molar-refractivity contribution in [2.24, 2.45) is 0 Å². The Morgan fingerprint density at radius 3 is 2.70 bits per heavy atom. The van der Waals surface area contributed by atoms with Crippen molar-refractivity contribution < 1.29 is 23.7 Å². The summed E-state index contributed by atoms with van der Waals surface area (Å²) in [6.07, 6.45) is 1.78. The minimum absolute atomic E-state index is 0.280. The van der Waals surface area contributed by atoms with Gasteiger partial charge >= 0.3 is 5.97 Å². The van der Waals surface area contributed by atoms with Gasteiger partial charge in [-0.2, -0.15) is 0 Å². The number of carbonyl (C=O) groups is 1. The molecule has 0 spiro atoms. The minimum Gasteiger partial charge on any atom is -0.486 e. The van der Waals surface area contributed by atoms with Crippen LogP contribution in [0, 0.1) is 0 Å². The van der Waals surface area contributed by atoms with Crippen molar-refractivity contribution in [3.8, 4) is 17.2 Å². The van der Waals surface area contributed by atoms with Gasteiger partial charge in [0.15, 0.2) is 11.5 Å². The van der Waals surface area contributed by atoms with Crippen LogP contribution in [-0.4, -0.2) is 25.0 Å². The van der Waals surface area contributed by atoms with Gasteiger partial charge in [0.2, 0.25) is 5.79 Å². The van der Waals surface area contributed by atoms with Crippen molar-refractivity contribution in [1.29, 1.82) is 0 Å². The lowest BCUT2D eigenvalue weighted by Crippen LogP contribution is -2.39. The maximum atomic E-state index is 12.3. The lowest BCUT2D eigenvalue weighted by molar-refractivity contribution is -0.128. The largest absolute Gasteiger partial charge is 0.486 e. The number of cyclic esters (lactones) is 1. The van der Waals surface area contributed by atoms with Crippen LogP contribution in [0.1, 0.15) is 29.8 Å². The second kappa shape index (κ2) is 4.70. The Kier molecular flexibility index (Phi) is 3.12. The quantitative estimate of drug-likeness (QED) is 0.735. The standard InChI is InChI=1S/C14H13BrO5/c1-14(2)19-11-8(3-4-15)7-9-12(18-6-5-17-9)10(11)13(16)20-14/h3-4,7H,5-6H2,1-2H3/b4-3-. The predicted molar refractivity (Wildman–Crippen MR) is 75.5 cm³/mol. The maximum Gasteiger partial charge on any atom is 0.349 e. The Balaban J connectivity index is 2.25. The topological polar surface area (TPSA) is 54.0 Å². The molecule has 20 heavy (non-hydrogen) atoms. The summed E-state index contributed by atoms with van der Waals surface area (Å²) < 4.78 is 22.1. The number of rotatable bonds is 1. The zero-order valence-corrected chi connectivity index (χ0v) is 12.7. The van der Waals surface area contributed by atoms with E-state index in [-0.39, 0.29) is 5.56 Å². The van der Waals surface area contributed by atoms with E-state index in [4.69, 9.17) is 18.9 Å². The van der Waals surface area contributed by atoms with E-state index in [1.807, 2.05) is 0 Å². The van der Waals surface area contributed by atoms with Gasteiger partial charge < -0.3 is 18.9 Å². The molecular weight excluding hydrogens is 328 g/mol. The highest BCUT2D eigenvalue weighted by Crippen LogP contribution is 2.46. The molecule has 0 fully saturated rings. The summed E-state index contributed by atoms with van der Waals surface area (Å²) in [6.45, 7) is 4.22. The molecule has 106 valence electrons. The Morgan fingerprint density at radius 1 is 1.20 bits per heavy atom. The second-order valence-electron chi connectivity index (χ2n) is 4.88. The summed E-state index contributed by atoms with van der Waals surface area (Å²) in [6, 6.07) is 1.79. The molecule has 6 heteroatoms. The average molecular weight is 341 g/mol. The van der Waals surface area contributed by atoms with Gasteiger partial charge in [-0.15, -0.1) is 0 Å². The monoisotopic (exact) mass is 340 g/mol. The van der Waals surface area contributed by atoms with Gasteiger partial charge in [0.25, 0.3) is 0 Å². The lowest BCUT2D eigenvalue weighted by atomic mass is 10.0. The summed E-state index contributed by atoms with van der Waals surface area (Å²) in [7, 11) is 0. The summed E-state index contributed by atoms with van der Waals surface area (Å²) in [5, 5.41) is 0. The van der Waals surface area contributed by atoms with Gasteiger partial charge in [-0.25, -0.2) is 4.79 Å². The molecule has 3 rings (SSSR count). The third-order valence-electron chi connectivity index (χ3n) is 2.95. The van der Waals surface area contributed by atoms with Crippen molar-refractivity contribution in [1.82, 2.24) is 0 Å². The van der Waals surface area contributed by atoms with E-state index in [1.165, 1.54) is 0 Å². The van der Waals surface area contributed by atoms with E-state index in [2.05, 4.69) is 15.9 Å². The summed E-state index contributed by atoms with van der Waals surface area (Å²) in [5.41, 5.74) is 1.01. The second-order valence-corrected chi connectivity index (χ2v) is 5.41. The highest BCUT2D eigenvalue weighted by atomic mass is 79.9. The van der Waals surface area contributed by atoms with Gasteiger partial charge in [0, 0.05) is 19.4 Å². The molecule has 0 aromatic heterocycles. The molecule has 0 bridgehead atoms. The Labute approximate surface area is 124 Å². The van der Waals surface area contributed by atoms with Crippen LogP contribution in [0.4, 0.5) is 0 Å². The molecule has 0 amide bonds. The molecule has 2 aliphatic rings. The number of halogens is 1. The van der Waals surface area contributed by atoms with Crippen LogP contribution in [0.5, 0.6) is 17.2 Å². The lowest BCUT2D eigenvalue weighted by Gasteiger charge is -2.34. The normalized spacial score (nSPS) is 19.2. The van der Waals surface area contributed by atoms with Gasteiger partial charge in [-0.3, -0.25) is 0 Å². The number of ether oxygens (including phenoxy) is 4. The Hall–Kier alpha value is -1.69. The van der Waals surface area contributed by atoms with E-state index in [0.29, 0.717) is 30.5 Å². The molecule has 0 N–H and O–H groups in total. The van der Waals surface area contributed by atoms with E-state index in [9.17, 15) is 4.79 Å². The molecule has 5 nitrogen and oxygen atoms in total. The molecule has 0 atom stereocenters. The van der Waals surface area contributed by atoms with Crippen LogP contribution in [0.2, 0.25) is 0 Å². The first kappa shape index (κ1) is 13.3. The molecule has 0 saturated carbocycles. The number of hydrogen-bond acceptors (Lipinski definition) is 5. The van der Waals surface area contributed by atoms with Crippen LogP contribution >= 0.6 is 15.9 Å². The summed E-state index contributed by atoms with van der Waals surface area (Å²) >= 11 is 3.23. The first-order chi connectivity index (χ1) is 9.52. The zero-order chi connectivity index (χ0) is 14.3. The molecule has 0 radical (unpaired) electrons. The first-order valence-corrected chi connectivity index (χ1v) is 7.09. The SMILES string of the molecule is CC1(C)OC(=O)c2c(c(/C=C\Br)cc3c2OCCO3)O1. The number of carbonyl (C=O) groups excluding carboxylic acids is 1. The molecule has 2 aliphatic heterocycles. The maximum absolute atomic E-state index is 12.3. The number of benzene rings is 1. The molecule has 1 aromatic carbocycles. The van der Waals surface area contributed by atoms with Crippen LogP contribution in [0.25, 0.3) is 6.08 Å². The van der Waals surface area contributed by atoms with Crippen molar-refractivity contribution >= 4 is 28.0 Å². The van der Waals surface area contributed by atoms with Crippen LogP contribution in [0.15, 0.2) is 11.1 Å². The van der Waals surface area contributed by atoms with Gasteiger partial charge in [0.05, 0.1) is 0 Å². The smallest absolute Gasteiger partial charge is 0.349 e. The van der Waals surface area contributed by atoms with Gasteiger partial charge in [-0.1, -0.05) is 15.9 Å². The fraction of sp³-hybridized carbons (Fsp3) is 0.357. The minimum atomic E-state index is -1.01. The van der Waals surface area contributed by atoms with Crippen molar-refractivity contribution in [3.05, 3.63) is 22.2 Å². The molecule has 1 aromatic rings. The highest BCUT2D eigenvalue weighted by Gasteiger charge is 2.39. The zero-order valence-electron chi connectivity index (χ0n) is 11.1. The Morgan fingerprint density at radius 2 is 1.95 bits per heavy atom. The van der Waals surface area contributed by atoms with Crippen molar-refractivity contribution in [2.45, 2.75) is 19.6 Å². The van der Waals surface area contributed by atoms with Crippen molar-refractivity contribution in [2.75, 3.05) is 13.2 Å². The number of esters is 1. The fourth-order valence-electron chi connectivity index (χ4n) is 2.22. The fourth-order valence-corrected chi connectivity index (χ4v) is 2.50. The predicted octanol–water partition coefficient (Wildman–Crippen LogP) is 3.11. The third-order valence-corrected chi connectivity index (χ3v) is 3.21. The van der Waals surface area contributed by atoms with Gasteiger partial charge in [0.1, 0.15) is 24.5 Å². The Bertz CT molecular complexity index is 606. The molecule has 2 heterocycles. The third kappa shape index (κ3) is 2.14. The van der Waals surface area contributed by atoms with E-state index in [1.54, 1.807) is 31.0 Å². The summed E-state index contributed by atoms with van der Waals surface area (Å²) in [5.74, 6) is -0.119. The average Bonchev–Trinajstić information content (AvgIpc) is 2.37. The van der Waals surface area contributed by atoms with Crippen LogP contribution in [-0.2, 0) is 4.74 Å². The van der Waals surface area contributed by atoms with E-state index in [0.717, 1.165) is 5.56 Å². The van der Waals surface area contributed by atoms with Crippen LogP contribution in [0.3, 0.4) is 0 Å². The molecule has 0 aliphatic carbocycles. The first-order valence-electron chi connectivity index (χ1n) is 6.17. The van der Waals surface area contributed by atoms with Gasteiger partial charge in [-0.05, 0) is 17.1 Å². The summed E-state index contributed by atoms with van der Waals surface area (Å²) in [4.78, 5) is 13.9.